The number of rotatable bonds is 7. The number of hydrogen-bond acceptors (Lipinski definition) is 7. The second-order valence-electron chi connectivity index (χ2n) is 10.5. The zero-order valence-corrected chi connectivity index (χ0v) is 23.4. The fourth-order valence-electron chi connectivity index (χ4n) is 5.77. The Morgan fingerprint density at radius 2 is 1.90 bits per heavy atom. The average Bonchev–Trinajstić information content (AvgIpc) is 2.95. The summed E-state index contributed by atoms with van der Waals surface area (Å²) in [6, 6.07) is 8.80. The Kier molecular flexibility index (Phi) is 8.37. The molecule has 2 heterocycles. The first kappa shape index (κ1) is 27.4. The largest absolute Gasteiger partial charge is 0.493 e. The van der Waals surface area contributed by atoms with Crippen LogP contribution in [0, 0.1) is 5.82 Å². The van der Waals surface area contributed by atoms with Crippen LogP contribution in [0.1, 0.15) is 44.9 Å². The molecular weight excluding hydrogens is 521 g/mol. The predicted molar refractivity (Wildman–Crippen MR) is 150 cm³/mol. The van der Waals surface area contributed by atoms with E-state index in [0.717, 1.165) is 51.5 Å². The Morgan fingerprint density at radius 3 is 2.64 bits per heavy atom. The molecule has 2 aromatic carbocycles. The molecule has 1 saturated heterocycles. The van der Waals surface area contributed by atoms with E-state index < -0.39 is 5.82 Å². The van der Waals surface area contributed by atoms with Crippen LogP contribution in [-0.2, 0) is 4.79 Å². The number of benzene rings is 2. The van der Waals surface area contributed by atoms with Gasteiger partial charge in [-0.3, -0.25) is 9.69 Å². The predicted octanol–water partition coefficient (Wildman–Crippen LogP) is 5.81. The number of likely N-dealkylation sites (tertiary alicyclic amines) is 1. The number of nitrogens with one attached hydrogen (secondary N) is 1. The number of anilines is 2. The molecule has 0 radical (unpaired) electrons. The van der Waals surface area contributed by atoms with Gasteiger partial charge >= 0.3 is 0 Å². The summed E-state index contributed by atoms with van der Waals surface area (Å²) in [6.07, 6.45) is 8.33. The molecule has 2 fully saturated rings. The maximum atomic E-state index is 14.6. The van der Waals surface area contributed by atoms with E-state index >= 15 is 0 Å². The number of hydrogen-bond donors (Lipinski definition) is 1. The average molecular weight is 556 g/mol. The SMILES string of the molecule is COc1cc2ncnc(Nc3cccc(Cl)c3F)c2cc1OC1CCC(N2CCCC[C@@H]2C(=O)N(C)C)CC1. The van der Waals surface area contributed by atoms with E-state index in [-0.39, 0.29) is 28.8 Å². The van der Waals surface area contributed by atoms with Crippen LogP contribution in [0.4, 0.5) is 15.9 Å². The van der Waals surface area contributed by atoms with Crippen molar-refractivity contribution in [3.05, 3.63) is 47.5 Å². The lowest BCUT2D eigenvalue weighted by molar-refractivity contribution is -0.137. The summed E-state index contributed by atoms with van der Waals surface area (Å²) in [5, 5.41) is 3.75. The third kappa shape index (κ3) is 5.89. The van der Waals surface area contributed by atoms with Crippen LogP contribution in [0.25, 0.3) is 10.9 Å². The van der Waals surface area contributed by atoms with Gasteiger partial charge in [-0.05, 0) is 63.3 Å². The van der Waals surface area contributed by atoms with Crippen molar-refractivity contribution in [2.75, 3.05) is 33.1 Å². The zero-order chi connectivity index (χ0) is 27.5. The zero-order valence-electron chi connectivity index (χ0n) is 22.6. The minimum Gasteiger partial charge on any atom is -0.493 e. The van der Waals surface area contributed by atoms with Gasteiger partial charge in [0.05, 0.1) is 35.5 Å². The van der Waals surface area contributed by atoms with Crippen molar-refractivity contribution in [2.24, 2.45) is 0 Å². The van der Waals surface area contributed by atoms with Crippen LogP contribution >= 0.6 is 11.6 Å². The van der Waals surface area contributed by atoms with E-state index in [1.807, 2.05) is 26.2 Å². The number of amides is 1. The van der Waals surface area contributed by atoms with Crippen molar-refractivity contribution < 1.29 is 18.7 Å². The molecular formula is C29H35ClFN5O3. The number of methoxy groups -OCH3 is 1. The Labute approximate surface area is 233 Å². The second kappa shape index (κ2) is 11.9. The number of piperidine rings is 1. The van der Waals surface area contributed by atoms with Crippen molar-refractivity contribution >= 4 is 39.9 Å². The summed E-state index contributed by atoms with van der Waals surface area (Å²) < 4.78 is 26.7. The van der Waals surface area contributed by atoms with Gasteiger partial charge in [-0.1, -0.05) is 24.1 Å². The number of nitrogens with zero attached hydrogens (tertiary/aromatic N) is 4. The van der Waals surface area contributed by atoms with Gasteiger partial charge in [0.15, 0.2) is 17.3 Å². The number of carbonyl (C=O) groups excluding carboxylic acids is 1. The van der Waals surface area contributed by atoms with Gasteiger partial charge in [0.2, 0.25) is 5.91 Å². The standard InChI is InChI=1S/C29H35ClFN5O3/c1-35(2)29(37)24-9-4-5-14-36(24)18-10-12-19(13-11-18)39-26-15-20-23(16-25(26)38-3)32-17-33-28(20)34-22-8-6-7-21(30)27(22)31/h6-8,15-19,24H,4-5,9-14H2,1-3H3,(H,32,33,34)/t18?,19?,24-/m1/s1. The lowest BCUT2D eigenvalue weighted by Gasteiger charge is -2.43. The highest BCUT2D eigenvalue weighted by Crippen LogP contribution is 2.38. The van der Waals surface area contributed by atoms with Crippen molar-refractivity contribution in [3.63, 3.8) is 0 Å². The summed E-state index contributed by atoms with van der Waals surface area (Å²) >= 11 is 5.96. The number of likely N-dealkylation sites (N-methyl/N-ethyl adjacent to an activating group) is 1. The minimum atomic E-state index is -0.545. The minimum absolute atomic E-state index is 0.0202. The molecule has 0 unspecified atom stereocenters. The monoisotopic (exact) mass is 555 g/mol. The van der Waals surface area contributed by atoms with Gasteiger partial charge in [0.25, 0.3) is 0 Å². The summed E-state index contributed by atoms with van der Waals surface area (Å²) in [5.74, 6) is 1.28. The molecule has 1 saturated carbocycles. The van der Waals surface area contributed by atoms with E-state index in [1.54, 1.807) is 24.1 Å². The van der Waals surface area contributed by atoms with Crippen LogP contribution in [0.5, 0.6) is 11.5 Å². The van der Waals surface area contributed by atoms with E-state index in [9.17, 15) is 9.18 Å². The van der Waals surface area contributed by atoms with Crippen molar-refractivity contribution in [1.29, 1.82) is 0 Å². The van der Waals surface area contributed by atoms with Gasteiger partial charge in [-0.15, -0.1) is 0 Å². The number of fused-ring (bicyclic) bond motifs is 1. The number of ether oxygens (including phenoxy) is 2. The summed E-state index contributed by atoms with van der Waals surface area (Å²) in [6.45, 7) is 0.974. The first-order valence-electron chi connectivity index (χ1n) is 13.5. The van der Waals surface area contributed by atoms with E-state index in [4.69, 9.17) is 21.1 Å². The fraction of sp³-hybridized carbons (Fsp3) is 0.483. The summed E-state index contributed by atoms with van der Waals surface area (Å²) in [5.41, 5.74) is 0.868. The molecule has 1 aliphatic carbocycles. The molecule has 1 aromatic heterocycles. The first-order valence-corrected chi connectivity index (χ1v) is 13.9. The highest BCUT2D eigenvalue weighted by atomic mass is 35.5. The van der Waals surface area contributed by atoms with Crippen LogP contribution in [-0.4, -0.2) is 71.6 Å². The molecule has 3 aromatic rings. The van der Waals surface area contributed by atoms with Gasteiger partial charge in [0.1, 0.15) is 12.1 Å². The quantitative estimate of drug-likeness (QED) is 0.394. The molecule has 208 valence electrons. The number of carbonyl (C=O) groups is 1. The van der Waals surface area contributed by atoms with Crippen molar-refractivity contribution in [1.82, 2.24) is 19.8 Å². The second-order valence-corrected chi connectivity index (χ2v) is 10.9. The molecule has 1 N–H and O–H groups in total. The summed E-state index contributed by atoms with van der Waals surface area (Å²) in [4.78, 5) is 25.7. The summed E-state index contributed by atoms with van der Waals surface area (Å²) in [7, 11) is 5.29. The first-order chi connectivity index (χ1) is 18.9. The smallest absolute Gasteiger partial charge is 0.239 e. The van der Waals surface area contributed by atoms with Crippen LogP contribution in [0.3, 0.4) is 0 Å². The van der Waals surface area contributed by atoms with Gasteiger partial charge in [-0.25, -0.2) is 14.4 Å². The number of aromatic nitrogens is 2. The Hall–Kier alpha value is -3.17. The van der Waals surface area contributed by atoms with Crippen LogP contribution < -0.4 is 14.8 Å². The molecule has 2 aliphatic rings. The topological polar surface area (TPSA) is 79.8 Å². The molecule has 5 rings (SSSR count). The van der Waals surface area contributed by atoms with E-state index in [2.05, 4.69) is 20.2 Å². The normalized spacial score (nSPS) is 21.9. The van der Waals surface area contributed by atoms with Gasteiger partial charge in [0, 0.05) is 31.6 Å². The molecule has 10 heteroatoms. The van der Waals surface area contributed by atoms with Gasteiger partial charge in [-0.2, -0.15) is 0 Å². The Morgan fingerprint density at radius 1 is 1.10 bits per heavy atom. The highest BCUT2D eigenvalue weighted by Gasteiger charge is 2.36. The third-order valence-corrected chi connectivity index (χ3v) is 8.09. The Balaban J connectivity index is 1.32. The van der Waals surface area contributed by atoms with E-state index in [1.165, 1.54) is 12.4 Å². The maximum absolute atomic E-state index is 14.6. The lowest BCUT2D eigenvalue weighted by Crippen LogP contribution is -2.54. The van der Waals surface area contributed by atoms with E-state index in [0.29, 0.717) is 34.3 Å². The molecule has 0 spiro atoms. The molecule has 1 aliphatic heterocycles. The van der Waals surface area contributed by atoms with Crippen LogP contribution in [0.2, 0.25) is 5.02 Å². The van der Waals surface area contributed by atoms with Crippen molar-refractivity contribution in [3.8, 4) is 11.5 Å². The van der Waals surface area contributed by atoms with Crippen molar-refractivity contribution in [2.45, 2.75) is 63.1 Å². The van der Waals surface area contributed by atoms with Gasteiger partial charge < -0.3 is 19.7 Å². The molecule has 1 amide bonds. The highest BCUT2D eigenvalue weighted by molar-refractivity contribution is 6.31. The molecule has 8 nitrogen and oxygen atoms in total. The van der Waals surface area contributed by atoms with Crippen LogP contribution in [0.15, 0.2) is 36.7 Å². The maximum Gasteiger partial charge on any atom is 0.239 e. The molecule has 0 bridgehead atoms. The fourth-order valence-corrected chi connectivity index (χ4v) is 5.95. The third-order valence-electron chi connectivity index (χ3n) is 7.80. The molecule has 39 heavy (non-hydrogen) atoms. The number of halogens is 2. The lowest BCUT2D eigenvalue weighted by atomic mass is 9.88. The molecule has 1 atom stereocenters. The Bertz CT molecular complexity index is 1330.